The van der Waals surface area contributed by atoms with E-state index in [0.717, 1.165) is 30.0 Å². The van der Waals surface area contributed by atoms with Gasteiger partial charge in [-0.2, -0.15) is 15.0 Å². The quantitative estimate of drug-likeness (QED) is 0.479. The van der Waals surface area contributed by atoms with Gasteiger partial charge in [-0.3, -0.25) is 0 Å². The van der Waals surface area contributed by atoms with E-state index >= 15 is 0 Å². The molecule has 0 radical (unpaired) electrons. The number of nitrogens with one attached hydrogen (secondary N) is 2. The molecule has 0 fully saturated rings. The molecular weight excluding hydrogens is 338 g/mol. The molecule has 0 aliphatic rings. The highest BCUT2D eigenvalue weighted by Gasteiger charge is 2.13. The largest absolute Gasteiger partial charge is 0.395 e. The zero-order valence-corrected chi connectivity index (χ0v) is 15.7. The van der Waals surface area contributed by atoms with Gasteiger partial charge in [0.15, 0.2) is 0 Å². The van der Waals surface area contributed by atoms with Crippen LogP contribution in [0.1, 0.15) is 16.8 Å². The molecule has 0 atom stereocenters. The smallest absolute Gasteiger partial charge is 0.117 e. The van der Waals surface area contributed by atoms with E-state index in [4.69, 9.17) is 15.3 Å². The molecule has 3 rings (SSSR count). The van der Waals surface area contributed by atoms with Crippen molar-refractivity contribution in [1.29, 1.82) is 0 Å². The predicted octanol–water partition coefficient (Wildman–Crippen LogP) is 1.97. The Morgan fingerprint density at radius 3 is 2.52 bits per heavy atom. The van der Waals surface area contributed by atoms with Crippen LogP contribution in [0.5, 0.6) is 0 Å². The standard InChI is InChI=1S/C21H27N5O/c1-17-6-5-7-18(14-17)16-26-24-20(15-23-11-10-22-12-13-27)21(25-26)19-8-3-2-4-9-19/h2-9,14,22-23,27H,10-13,15-16H2,1H3. The van der Waals surface area contributed by atoms with Gasteiger partial charge in [0.2, 0.25) is 0 Å². The molecule has 0 saturated heterocycles. The number of nitrogens with zero attached hydrogens (tertiary/aromatic N) is 3. The number of rotatable bonds is 10. The van der Waals surface area contributed by atoms with Crippen molar-refractivity contribution in [3.05, 3.63) is 71.4 Å². The van der Waals surface area contributed by atoms with E-state index in [9.17, 15) is 0 Å². The number of aromatic nitrogens is 3. The number of aliphatic hydroxyl groups excluding tert-OH is 1. The second kappa shape index (κ2) is 9.97. The van der Waals surface area contributed by atoms with Crippen molar-refractivity contribution < 1.29 is 5.11 Å². The molecule has 6 heteroatoms. The fourth-order valence-corrected chi connectivity index (χ4v) is 2.95. The van der Waals surface area contributed by atoms with Gasteiger partial charge in [-0.25, -0.2) is 0 Å². The van der Waals surface area contributed by atoms with E-state index in [0.29, 0.717) is 19.6 Å². The van der Waals surface area contributed by atoms with Crippen LogP contribution in [0.4, 0.5) is 0 Å². The third-order valence-electron chi connectivity index (χ3n) is 4.24. The molecule has 0 unspecified atom stereocenters. The van der Waals surface area contributed by atoms with E-state index in [1.807, 2.05) is 18.2 Å². The molecule has 27 heavy (non-hydrogen) atoms. The third-order valence-corrected chi connectivity index (χ3v) is 4.24. The highest BCUT2D eigenvalue weighted by molar-refractivity contribution is 5.60. The summed E-state index contributed by atoms with van der Waals surface area (Å²) in [6, 6.07) is 18.6. The van der Waals surface area contributed by atoms with Crippen LogP contribution in [0.2, 0.25) is 0 Å². The lowest BCUT2D eigenvalue weighted by atomic mass is 10.1. The minimum atomic E-state index is 0.158. The average Bonchev–Trinajstić information content (AvgIpc) is 3.08. The maximum Gasteiger partial charge on any atom is 0.117 e. The minimum Gasteiger partial charge on any atom is -0.395 e. The van der Waals surface area contributed by atoms with Gasteiger partial charge in [0.25, 0.3) is 0 Å². The zero-order valence-electron chi connectivity index (χ0n) is 15.7. The summed E-state index contributed by atoms with van der Waals surface area (Å²) < 4.78 is 0. The van der Waals surface area contributed by atoms with Crippen molar-refractivity contribution in [3.63, 3.8) is 0 Å². The topological polar surface area (TPSA) is 75.0 Å². The van der Waals surface area contributed by atoms with Crippen molar-refractivity contribution in [3.8, 4) is 11.3 Å². The lowest BCUT2D eigenvalue weighted by Gasteiger charge is -2.05. The summed E-state index contributed by atoms with van der Waals surface area (Å²) in [5, 5.41) is 24.8. The highest BCUT2D eigenvalue weighted by Crippen LogP contribution is 2.20. The number of aliphatic hydroxyl groups is 1. The van der Waals surface area contributed by atoms with Gasteiger partial charge in [-0.05, 0) is 12.5 Å². The van der Waals surface area contributed by atoms with Gasteiger partial charge in [0, 0.05) is 31.7 Å². The maximum atomic E-state index is 8.80. The summed E-state index contributed by atoms with van der Waals surface area (Å²) in [5.74, 6) is 0. The van der Waals surface area contributed by atoms with Crippen LogP contribution in [-0.4, -0.2) is 46.3 Å². The Kier molecular flexibility index (Phi) is 7.10. The summed E-state index contributed by atoms with van der Waals surface area (Å²) in [5.41, 5.74) is 5.36. The summed E-state index contributed by atoms with van der Waals surface area (Å²) in [4.78, 5) is 1.78. The van der Waals surface area contributed by atoms with Crippen LogP contribution < -0.4 is 10.6 Å². The first-order chi connectivity index (χ1) is 13.3. The van der Waals surface area contributed by atoms with Crippen molar-refractivity contribution in [2.75, 3.05) is 26.2 Å². The molecule has 1 aromatic heterocycles. The summed E-state index contributed by atoms with van der Waals surface area (Å²) >= 11 is 0. The van der Waals surface area contributed by atoms with Crippen LogP contribution in [0.25, 0.3) is 11.3 Å². The Morgan fingerprint density at radius 1 is 0.926 bits per heavy atom. The van der Waals surface area contributed by atoms with Crippen LogP contribution in [-0.2, 0) is 13.1 Å². The molecule has 0 spiro atoms. The molecule has 0 saturated carbocycles. The molecule has 3 N–H and O–H groups in total. The monoisotopic (exact) mass is 365 g/mol. The van der Waals surface area contributed by atoms with Crippen LogP contribution in [0.3, 0.4) is 0 Å². The van der Waals surface area contributed by atoms with Gasteiger partial charge in [0.1, 0.15) is 11.4 Å². The first-order valence-corrected chi connectivity index (χ1v) is 9.33. The number of hydrogen-bond acceptors (Lipinski definition) is 5. The van der Waals surface area contributed by atoms with E-state index in [1.165, 1.54) is 11.1 Å². The van der Waals surface area contributed by atoms with E-state index in [2.05, 4.69) is 54.0 Å². The van der Waals surface area contributed by atoms with Crippen LogP contribution in [0, 0.1) is 6.92 Å². The summed E-state index contributed by atoms with van der Waals surface area (Å²) in [7, 11) is 0. The SMILES string of the molecule is Cc1cccc(Cn2nc(CNCCNCCO)c(-c3ccccc3)n2)c1. The molecular formula is C21H27N5O. The summed E-state index contributed by atoms with van der Waals surface area (Å²) in [6.07, 6.45) is 0. The van der Waals surface area contributed by atoms with Crippen molar-refractivity contribution in [1.82, 2.24) is 25.6 Å². The third kappa shape index (κ3) is 5.72. The highest BCUT2D eigenvalue weighted by atomic mass is 16.3. The normalized spacial score (nSPS) is 11.0. The fraction of sp³-hybridized carbons (Fsp3) is 0.333. The van der Waals surface area contributed by atoms with Crippen molar-refractivity contribution >= 4 is 0 Å². The lowest BCUT2D eigenvalue weighted by molar-refractivity contribution is 0.292. The number of aryl methyl sites for hydroxylation is 1. The molecule has 2 aromatic carbocycles. The number of benzene rings is 2. The lowest BCUT2D eigenvalue weighted by Crippen LogP contribution is -2.29. The first-order valence-electron chi connectivity index (χ1n) is 9.33. The number of hydrogen-bond donors (Lipinski definition) is 3. The van der Waals surface area contributed by atoms with E-state index in [-0.39, 0.29) is 6.61 Å². The van der Waals surface area contributed by atoms with Gasteiger partial charge < -0.3 is 15.7 Å². The molecule has 0 amide bonds. The molecule has 6 nitrogen and oxygen atoms in total. The molecule has 0 bridgehead atoms. The van der Waals surface area contributed by atoms with Crippen molar-refractivity contribution in [2.45, 2.75) is 20.0 Å². The van der Waals surface area contributed by atoms with Gasteiger partial charge in [-0.15, -0.1) is 0 Å². The Hall–Kier alpha value is -2.54. The van der Waals surface area contributed by atoms with Gasteiger partial charge in [-0.1, -0.05) is 60.2 Å². The second-order valence-corrected chi connectivity index (χ2v) is 6.53. The van der Waals surface area contributed by atoms with Crippen molar-refractivity contribution in [2.24, 2.45) is 0 Å². The molecule has 0 aliphatic heterocycles. The average molecular weight is 365 g/mol. The maximum absolute atomic E-state index is 8.80. The Labute approximate surface area is 160 Å². The summed E-state index contributed by atoms with van der Waals surface area (Å²) in [6.45, 7) is 5.78. The van der Waals surface area contributed by atoms with Gasteiger partial charge in [0.05, 0.1) is 13.2 Å². The van der Waals surface area contributed by atoms with E-state index < -0.39 is 0 Å². The first kappa shape index (κ1) is 19.2. The Balaban J connectivity index is 1.73. The Morgan fingerprint density at radius 2 is 1.74 bits per heavy atom. The molecule has 1 heterocycles. The Bertz CT molecular complexity index is 832. The zero-order chi connectivity index (χ0) is 18.9. The molecule has 142 valence electrons. The van der Waals surface area contributed by atoms with Crippen LogP contribution >= 0.6 is 0 Å². The van der Waals surface area contributed by atoms with Gasteiger partial charge >= 0.3 is 0 Å². The molecule has 3 aromatic rings. The second-order valence-electron chi connectivity index (χ2n) is 6.53. The van der Waals surface area contributed by atoms with E-state index in [1.54, 1.807) is 4.80 Å². The fourth-order valence-electron chi connectivity index (χ4n) is 2.95. The molecule has 0 aliphatic carbocycles. The minimum absolute atomic E-state index is 0.158. The predicted molar refractivity (Wildman–Crippen MR) is 107 cm³/mol. The van der Waals surface area contributed by atoms with Crippen LogP contribution in [0.15, 0.2) is 54.6 Å².